The number of hydrogen-bond acceptors (Lipinski definition) is 8. The van der Waals surface area contributed by atoms with E-state index < -0.39 is 0 Å². The molecule has 1 aromatic carbocycles. The average Bonchev–Trinajstić information content (AvgIpc) is 3.23. The SMILES string of the molecule is Cc1cnc(NCCCC(=O)N2CCN(C)CC2)nc1/C(C#N)=C1\Nc2ccccc2O1. The van der Waals surface area contributed by atoms with E-state index in [-0.39, 0.29) is 5.91 Å². The van der Waals surface area contributed by atoms with Gasteiger partial charge in [-0.3, -0.25) is 4.79 Å². The molecule has 2 aliphatic heterocycles. The van der Waals surface area contributed by atoms with Gasteiger partial charge in [0.2, 0.25) is 17.7 Å². The lowest BCUT2D eigenvalue weighted by Crippen LogP contribution is -2.47. The van der Waals surface area contributed by atoms with Crippen LogP contribution in [0.5, 0.6) is 5.75 Å². The molecule has 0 spiro atoms. The number of nitrogens with one attached hydrogen (secondary N) is 2. The highest BCUT2D eigenvalue weighted by Gasteiger charge is 2.23. The Hall–Kier alpha value is -3.64. The van der Waals surface area contributed by atoms with Gasteiger partial charge in [0.1, 0.15) is 11.6 Å². The van der Waals surface area contributed by atoms with Gasteiger partial charge in [-0.2, -0.15) is 5.26 Å². The van der Waals surface area contributed by atoms with E-state index in [0.29, 0.717) is 48.2 Å². The number of aromatic nitrogens is 2. The molecule has 32 heavy (non-hydrogen) atoms. The fourth-order valence-corrected chi connectivity index (χ4v) is 3.68. The van der Waals surface area contributed by atoms with Crippen molar-refractivity contribution >= 4 is 23.1 Å². The molecule has 1 amide bonds. The third kappa shape index (κ3) is 4.81. The number of carbonyl (C=O) groups excluding carboxylic acids is 1. The van der Waals surface area contributed by atoms with Crippen molar-refractivity contribution in [3.05, 3.63) is 47.6 Å². The molecule has 0 unspecified atom stereocenters. The molecule has 9 heteroatoms. The predicted octanol–water partition coefficient (Wildman–Crippen LogP) is 2.45. The van der Waals surface area contributed by atoms with Gasteiger partial charge in [-0.05, 0) is 38.1 Å². The number of nitriles is 1. The van der Waals surface area contributed by atoms with E-state index in [4.69, 9.17) is 4.74 Å². The van der Waals surface area contributed by atoms with E-state index in [1.807, 2.05) is 36.1 Å². The van der Waals surface area contributed by atoms with Crippen LogP contribution in [0, 0.1) is 18.3 Å². The standard InChI is InChI=1S/C23H27N7O2/c1-16-15-26-23(25-9-5-8-20(31)30-12-10-29(2)11-13-30)28-21(16)17(14-24)22-27-18-6-3-4-7-19(18)32-22/h3-4,6-7,15,27H,5,8-13H2,1-2H3,(H,25,26,28)/b22-17+. The summed E-state index contributed by atoms with van der Waals surface area (Å²) in [6.45, 7) is 5.85. The first-order valence-electron chi connectivity index (χ1n) is 10.8. The van der Waals surface area contributed by atoms with Gasteiger partial charge in [0, 0.05) is 45.3 Å². The largest absolute Gasteiger partial charge is 0.437 e. The van der Waals surface area contributed by atoms with Crippen LogP contribution in [0.15, 0.2) is 36.3 Å². The maximum atomic E-state index is 12.4. The van der Waals surface area contributed by atoms with E-state index in [1.165, 1.54) is 0 Å². The van der Waals surface area contributed by atoms with Crippen LogP contribution >= 0.6 is 0 Å². The third-order valence-electron chi connectivity index (χ3n) is 5.60. The number of aryl methyl sites for hydroxylation is 1. The second-order valence-electron chi connectivity index (χ2n) is 7.98. The molecule has 1 fully saturated rings. The molecule has 0 radical (unpaired) electrons. The van der Waals surface area contributed by atoms with Crippen molar-refractivity contribution in [2.75, 3.05) is 50.4 Å². The summed E-state index contributed by atoms with van der Waals surface area (Å²) in [5.41, 5.74) is 2.40. The van der Waals surface area contributed by atoms with Gasteiger partial charge in [-0.25, -0.2) is 9.97 Å². The van der Waals surface area contributed by atoms with E-state index in [2.05, 4.69) is 38.6 Å². The fourth-order valence-electron chi connectivity index (χ4n) is 3.68. The number of likely N-dealkylation sites (N-methyl/N-ethyl adjacent to an activating group) is 1. The number of allylic oxidation sites excluding steroid dienone is 1. The summed E-state index contributed by atoms with van der Waals surface area (Å²) in [5.74, 6) is 1.64. The molecule has 166 valence electrons. The van der Waals surface area contributed by atoms with Gasteiger partial charge in [0.15, 0.2) is 5.75 Å². The molecule has 9 nitrogen and oxygen atoms in total. The number of hydrogen-bond donors (Lipinski definition) is 2. The quantitative estimate of drug-likeness (QED) is 0.529. The number of amides is 1. The van der Waals surface area contributed by atoms with Crippen molar-refractivity contribution in [1.82, 2.24) is 19.8 Å². The predicted molar refractivity (Wildman–Crippen MR) is 122 cm³/mol. The lowest BCUT2D eigenvalue weighted by atomic mass is 10.1. The average molecular weight is 434 g/mol. The number of rotatable bonds is 6. The van der Waals surface area contributed by atoms with Crippen LogP contribution in [0.25, 0.3) is 5.57 Å². The first-order valence-corrected chi connectivity index (χ1v) is 10.8. The first kappa shape index (κ1) is 21.6. The molecule has 0 saturated carbocycles. The van der Waals surface area contributed by atoms with Crippen LogP contribution in [-0.4, -0.2) is 65.4 Å². The second kappa shape index (κ2) is 9.66. The van der Waals surface area contributed by atoms with Crippen LogP contribution in [0.4, 0.5) is 11.6 Å². The number of ether oxygens (including phenoxy) is 1. The number of fused-ring (bicyclic) bond motifs is 1. The molecule has 1 saturated heterocycles. The lowest BCUT2D eigenvalue weighted by Gasteiger charge is -2.32. The van der Waals surface area contributed by atoms with Crippen LogP contribution in [0.1, 0.15) is 24.1 Å². The second-order valence-corrected chi connectivity index (χ2v) is 7.98. The van der Waals surface area contributed by atoms with Crippen LogP contribution in [0.2, 0.25) is 0 Å². The van der Waals surface area contributed by atoms with Crippen molar-refractivity contribution < 1.29 is 9.53 Å². The molecule has 2 aromatic rings. The van der Waals surface area contributed by atoms with Gasteiger partial charge in [0.05, 0.1) is 11.4 Å². The number of piperazine rings is 1. The minimum atomic E-state index is 0.186. The molecular weight excluding hydrogens is 406 g/mol. The Balaban J connectivity index is 1.37. The molecule has 2 aliphatic rings. The van der Waals surface area contributed by atoms with Crippen molar-refractivity contribution in [2.45, 2.75) is 19.8 Å². The maximum absolute atomic E-state index is 12.4. The van der Waals surface area contributed by atoms with Crippen molar-refractivity contribution in [3.63, 3.8) is 0 Å². The Labute approximate surface area is 187 Å². The van der Waals surface area contributed by atoms with Crippen LogP contribution in [-0.2, 0) is 4.79 Å². The summed E-state index contributed by atoms with van der Waals surface area (Å²) in [7, 11) is 2.07. The summed E-state index contributed by atoms with van der Waals surface area (Å²) in [6.07, 6.45) is 2.85. The Kier molecular flexibility index (Phi) is 6.52. The highest BCUT2D eigenvalue weighted by Crippen LogP contribution is 2.35. The Morgan fingerprint density at radius 1 is 1.28 bits per heavy atom. The summed E-state index contributed by atoms with van der Waals surface area (Å²) in [6, 6.07) is 9.71. The Morgan fingerprint density at radius 3 is 2.81 bits per heavy atom. The van der Waals surface area contributed by atoms with Crippen molar-refractivity contribution in [1.29, 1.82) is 5.26 Å². The van der Waals surface area contributed by atoms with E-state index in [1.54, 1.807) is 6.20 Å². The van der Waals surface area contributed by atoms with Gasteiger partial charge in [-0.1, -0.05) is 12.1 Å². The van der Waals surface area contributed by atoms with Crippen LogP contribution < -0.4 is 15.4 Å². The molecule has 2 N–H and O–H groups in total. The summed E-state index contributed by atoms with van der Waals surface area (Å²) >= 11 is 0. The number of carbonyl (C=O) groups is 1. The summed E-state index contributed by atoms with van der Waals surface area (Å²) in [5, 5.41) is 16.1. The van der Waals surface area contributed by atoms with E-state index in [0.717, 1.165) is 37.4 Å². The lowest BCUT2D eigenvalue weighted by molar-refractivity contribution is -0.132. The first-order chi connectivity index (χ1) is 15.5. The number of nitrogens with zero attached hydrogens (tertiary/aromatic N) is 5. The summed E-state index contributed by atoms with van der Waals surface area (Å²) < 4.78 is 5.82. The Bertz CT molecular complexity index is 1040. The zero-order valence-electron chi connectivity index (χ0n) is 18.4. The normalized spacial score (nSPS) is 17.1. The van der Waals surface area contributed by atoms with Gasteiger partial charge < -0.3 is 25.2 Å². The highest BCUT2D eigenvalue weighted by molar-refractivity contribution is 5.83. The molecule has 3 heterocycles. The smallest absolute Gasteiger partial charge is 0.223 e. The minimum Gasteiger partial charge on any atom is -0.437 e. The topological polar surface area (TPSA) is 106 Å². The number of benzene rings is 1. The number of para-hydroxylation sites is 2. The Morgan fingerprint density at radius 2 is 2.06 bits per heavy atom. The monoisotopic (exact) mass is 433 g/mol. The molecule has 0 atom stereocenters. The molecule has 0 bridgehead atoms. The van der Waals surface area contributed by atoms with Gasteiger partial charge in [0.25, 0.3) is 0 Å². The molecule has 1 aromatic heterocycles. The zero-order chi connectivity index (χ0) is 22.5. The summed E-state index contributed by atoms with van der Waals surface area (Å²) in [4.78, 5) is 25.4. The molecule has 0 aliphatic carbocycles. The van der Waals surface area contributed by atoms with Crippen molar-refractivity contribution in [3.8, 4) is 11.8 Å². The van der Waals surface area contributed by atoms with Gasteiger partial charge >= 0.3 is 0 Å². The van der Waals surface area contributed by atoms with E-state index >= 15 is 0 Å². The third-order valence-corrected chi connectivity index (χ3v) is 5.60. The highest BCUT2D eigenvalue weighted by atomic mass is 16.5. The molecule has 4 rings (SSSR count). The van der Waals surface area contributed by atoms with Gasteiger partial charge in [-0.15, -0.1) is 0 Å². The van der Waals surface area contributed by atoms with Crippen LogP contribution in [0.3, 0.4) is 0 Å². The molecular formula is C23H27N7O2. The maximum Gasteiger partial charge on any atom is 0.223 e. The van der Waals surface area contributed by atoms with Crippen molar-refractivity contribution in [2.24, 2.45) is 0 Å². The van der Waals surface area contributed by atoms with E-state index in [9.17, 15) is 10.1 Å². The zero-order valence-corrected chi connectivity index (χ0v) is 18.4. The minimum absolute atomic E-state index is 0.186. The fraction of sp³-hybridized carbons (Fsp3) is 0.391. The number of anilines is 2.